The van der Waals surface area contributed by atoms with Crippen LogP contribution in [0.3, 0.4) is 0 Å². The number of fused-ring (bicyclic) bond motifs is 1. The molecule has 0 saturated heterocycles. The van der Waals surface area contributed by atoms with Gasteiger partial charge in [-0.15, -0.1) is 0 Å². The number of hydrogen-bond donors (Lipinski definition) is 2. The van der Waals surface area contributed by atoms with Crippen molar-refractivity contribution in [3.63, 3.8) is 0 Å². The molecule has 3 aromatic carbocycles. The topological polar surface area (TPSA) is 61.8 Å². The van der Waals surface area contributed by atoms with E-state index in [1.165, 1.54) is 36.8 Å². The smallest absolute Gasteiger partial charge is 0.337 e. The van der Waals surface area contributed by atoms with Gasteiger partial charge in [0.25, 0.3) is 0 Å². The first-order chi connectivity index (χ1) is 17.4. The van der Waals surface area contributed by atoms with Crippen molar-refractivity contribution in [2.75, 3.05) is 16.8 Å². The van der Waals surface area contributed by atoms with E-state index in [0.717, 1.165) is 37.3 Å². The van der Waals surface area contributed by atoms with Crippen molar-refractivity contribution in [3.8, 4) is 5.75 Å². The zero-order valence-corrected chi connectivity index (χ0v) is 22.0. The van der Waals surface area contributed by atoms with E-state index in [-0.39, 0.29) is 5.56 Å². The van der Waals surface area contributed by atoms with E-state index in [2.05, 4.69) is 29.3 Å². The number of ether oxygens (including phenoxy) is 1. The van der Waals surface area contributed by atoms with Gasteiger partial charge in [0, 0.05) is 30.5 Å². The number of benzene rings is 3. The minimum Gasteiger partial charge on any atom is -0.494 e. The molecule has 4 rings (SSSR count). The Bertz CT molecular complexity index is 1220. The van der Waals surface area contributed by atoms with E-state index in [4.69, 9.17) is 27.9 Å². The average Bonchev–Trinajstić information content (AvgIpc) is 3.28. The molecule has 0 aromatic heterocycles. The van der Waals surface area contributed by atoms with Gasteiger partial charge in [0.1, 0.15) is 5.75 Å². The van der Waals surface area contributed by atoms with Gasteiger partial charge >= 0.3 is 5.97 Å². The van der Waals surface area contributed by atoms with Crippen molar-refractivity contribution in [2.45, 2.75) is 58.5 Å². The summed E-state index contributed by atoms with van der Waals surface area (Å²) in [6, 6.07) is 16.9. The van der Waals surface area contributed by atoms with Crippen molar-refractivity contribution in [2.24, 2.45) is 0 Å². The SMILES string of the molecule is CCCCCCCCOc1ccc(C(=O)O)c(Nc2ccc3c(c2)CN(c2ccc(Cl)c(Cl)c2)C3)c1. The lowest BCUT2D eigenvalue weighted by atomic mass is 10.1. The molecule has 0 unspecified atom stereocenters. The highest BCUT2D eigenvalue weighted by molar-refractivity contribution is 6.42. The van der Waals surface area contributed by atoms with Crippen LogP contribution in [0, 0.1) is 0 Å². The third-order valence-corrected chi connectivity index (χ3v) is 7.20. The number of nitrogens with one attached hydrogen (secondary N) is 1. The number of aromatic carboxylic acids is 1. The monoisotopic (exact) mass is 526 g/mol. The molecule has 7 heteroatoms. The highest BCUT2D eigenvalue weighted by Gasteiger charge is 2.21. The Balaban J connectivity index is 1.42. The van der Waals surface area contributed by atoms with E-state index in [1.54, 1.807) is 18.2 Å². The third kappa shape index (κ3) is 6.65. The van der Waals surface area contributed by atoms with E-state index >= 15 is 0 Å². The van der Waals surface area contributed by atoms with Gasteiger partial charge < -0.3 is 20.1 Å². The summed E-state index contributed by atoms with van der Waals surface area (Å²) in [5.74, 6) is -0.310. The average molecular weight is 527 g/mol. The number of rotatable bonds is 12. The molecule has 2 N–H and O–H groups in total. The van der Waals surface area contributed by atoms with Crippen molar-refractivity contribution >= 4 is 46.2 Å². The van der Waals surface area contributed by atoms with Crippen LogP contribution in [0.25, 0.3) is 0 Å². The first kappa shape index (κ1) is 26.2. The van der Waals surface area contributed by atoms with Gasteiger partial charge in [0.2, 0.25) is 0 Å². The number of carbonyl (C=O) groups is 1. The molecule has 3 aromatic rings. The largest absolute Gasteiger partial charge is 0.494 e. The highest BCUT2D eigenvalue weighted by Crippen LogP contribution is 2.34. The number of anilines is 3. The van der Waals surface area contributed by atoms with Crippen molar-refractivity contribution in [1.82, 2.24) is 0 Å². The first-order valence-corrected chi connectivity index (χ1v) is 13.3. The van der Waals surface area contributed by atoms with Gasteiger partial charge in [0.05, 0.1) is 27.9 Å². The molecule has 190 valence electrons. The summed E-state index contributed by atoms with van der Waals surface area (Å²) in [5, 5.41) is 14.1. The summed E-state index contributed by atoms with van der Waals surface area (Å²) in [6.45, 7) is 4.35. The number of carboxylic acids is 1. The number of unbranched alkanes of at least 4 members (excludes halogenated alkanes) is 5. The summed E-state index contributed by atoms with van der Waals surface area (Å²) in [7, 11) is 0. The standard InChI is InChI=1S/C29H32Cl2N2O3/c1-2-3-4-5-6-7-14-36-24-11-12-25(29(34)35)28(17-24)32-22-9-8-20-18-33(19-21(20)15-22)23-10-13-26(30)27(31)16-23/h8-13,15-17,32H,2-7,14,18-19H2,1H3,(H,34,35). The van der Waals surface area contributed by atoms with Crippen LogP contribution in [0.15, 0.2) is 54.6 Å². The number of nitrogens with zero attached hydrogens (tertiary/aromatic N) is 1. The zero-order chi connectivity index (χ0) is 25.5. The molecule has 1 aliphatic heterocycles. The Kier molecular flexibility index (Phi) is 9.00. The zero-order valence-electron chi connectivity index (χ0n) is 20.5. The summed E-state index contributed by atoms with van der Waals surface area (Å²) in [4.78, 5) is 14.1. The van der Waals surface area contributed by atoms with Crippen LogP contribution in [-0.2, 0) is 13.1 Å². The molecule has 36 heavy (non-hydrogen) atoms. The van der Waals surface area contributed by atoms with Gasteiger partial charge in [-0.25, -0.2) is 4.79 Å². The minimum absolute atomic E-state index is 0.208. The normalized spacial score (nSPS) is 12.5. The predicted octanol–water partition coefficient (Wildman–Crippen LogP) is 8.69. The Morgan fingerprint density at radius 1 is 0.917 bits per heavy atom. The predicted molar refractivity (Wildman–Crippen MR) is 148 cm³/mol. The first-order valence-electron chi connectivity index (χ1n) is 12.5. The van der Waals surface area contributed by atoms with Crippen LogP contribution >= 0.6 is 23.2 Å². The molecule has 0 spiro atoms. The molecule has 0 atom stereocenters. The second-order valence-electron chi connectivity index (χ2n) is 9.19. The fraction of sp³-hybridized carbons (Fsp3) is 0.345. The summed E-state index contributed by atoms with van der Waals surface area (Å²) in [5.41, 5.74) is 4.97. The molecule has 5 nitrogen and oxygen atoms in total. The van der Waals surface area contributed by atoms with Gasteiger partial charge in [-0.3, -0.25) is 0 Å². The maximum Gasteiger partial charge on any atom is 0.337 e. The lowest BCUT2D eigenvalue weighted by molar-refractivity contribution is 0.0698. The lowest BCUT2D eigenvalue weighted by Crippen LogP contribution is -2.14. The molecule has 1 heterocycles. The summed E-state index contributed by atoms with van der Waals surface area (Å²) < 4.78 is 5.92. The Morgan fingerprint density at radius 3 is 2.47 bits per heavy atom. The van der Waals surface area contributed by atoms with Crippen molar-refractivity contribution in [1.29, 1.82) is 0 Å². The van der Waals surface area contributed by atoms with Crippen LogP contribution in [0.1, 0.15) is 66.9 Å². The van der Waals surface area contributed by atoms with Crippen molar-refractivity contribution in [3.05, 3.63) is 81.3 Å². The van der Waals surface area contributed by atoms with Gasteiger partial charge in [-0.1, -0.05) is 68.3 Å². The fourth-order valence-corrected chi connectivity index (χ4v) is 4.76. The van der Waals surface area contributed by atoms with E-state index in [9.17, 15) is 9.90 Å². The third-order valence-electron chi connectivity index (χ3n) is 6.46. The van der Waals surface area contributed by atoms with Gasteiger partial charge in [-0.05, 0) is 60.0 Å². The minimum atomic E-state index is -0.980. The van der Waals surface area contributed by atoms with Crippen LogP contribution < -0.4 is 15.0 Å². The molecular formula is C29H32Cl2N2O3. The van der Waals surface area contributed by atoms with E-state index in [1.807, 2.05) is 24.3 Å². The van der Waals surface area contributed by atoms with E-state index < -0.39 is 5.97 Å². The van der Waals surface area contributed by atoms with Crippen LogP contribution in [-0.4, -0.2) is 17.7 Å². The second-order valence-corrected chi connectivity index (χ2v) is 10.0. The number of hydrogen-bond acceptors (Lipinski definition) is 4. The molecule has 0 amide bonds. The van der Waals surface area contributed by atoms with Crippen LogP contribution in [0.5, 0.6) is 5.75 Å². The Labute approximate surface area is 223 Å². The van der Waals surface area contributed by atoms with Crippen LogP contribution in [0.2, 0.25) is 10.0 Å². The molecule has 1 aliphatic rings. The number of carboxylic acid groups (broad SMARTS) is 1. The molecular weight excluding hydrogens is 495 g/mol. The molecule has 0 fully saturated rings. The maximum absolute atomic E-state index is 11.8. The number of halogens is 2. The molecule has 0 aliphatic carbocycles. The van der Waals surface area contributed by atoms with Crippen LogP contribution in [0.4, 0.5) is 17.1 Å². The Morgan fingerprint density at radius 2 is 1.69 bits per heavy atom. The van der Waals surface area contributed by atoms with Gasteiger partial charge in [0.15, 0.2) is 0 Å². The summed E-state index contributed by atoms with van der Waals surface area (Å²) >= 11 is 12.3. The lowest BCUT2D eigenvalue weighted by Gasteiger charge is -2.18. The van der Waals surface area contributed by atoms with Gasteiger partial charge in [-0.2, -0.15) is 0 Å². The van der Waals surface area contributed by atoms with E-state index in [0.29, 0.717) is 28.1 Å². The molecule has 0 bridgehead atoms. The Hall–Kier alpha value is -2.89. The second kappa shape index (κ2) is 12.4. The fourth-order valence-electron chi connectivity index (χ4n) is 4.47. The molecule has 0 radical (unpaired) electrons. The quantitative estimate of drug-likeness (QED) is 0.231. The van der Waals surface area contributed by atoms with Crippen molar-refractivity contribution < 1.29 is 14.6 Å². The molecule has 0 saturated carbocycles. The maximum atomic E-state index is 11.8. The summed E-state index contributed by atoms with van der Waals surface area (Å²) in [6.07, 6.45) is 7.15. The highest BCUT2D eigenvalue weighted by atomic mass is 35.5.